The first-order valence-corrected chi connectivity index (χ1v) is 6.91. The summed E-state index contributed by atoms with van der Waals surface area (Å²) in [5.74, 6) is -0.216. The molecule has 0 saturated heterocycles. The van der Waals surface area contributed by atoms with Crippen LogP contribution in [0.1, 0.15) is 30.5 Å². The second-order valence-corrected chi connectivity index (χ2v) is 4.95. The summed E-state index contributed by atoms with van der Waals surface area (Å²) in [6.07, 6.45) is 1.65. The molecule has 3 heteroatoms. The van der Waals surface area contributed by atoms with E-state index in [-0.39, 0.29) is 18.5 Å². The van der Waals surface area contributed by atoms with Crippen molar-refractivity contribution in [2.24, 2.45) is 0 Å². The van der Waals surface area contributed by atoms with E-state index in [1.165, 1.54) is 17.7 Å². The van der Waals surface area contributed by atoms with Crippen LogP contribution in [0.4, 0.5) is 10.1 Å². The Hall–Kier alpha value is -1.87. The first-order chi connectivity index (χ1) is 9.69. The molecule has 0 radical (unpaired) electrons. The minimum Gasteiger partial charge on any atom is -0.396 e. The molecule has 1 unspecified atom stereocenters. The summed E-state index contributed by atoms with van der Waals surface area (Å²) >= 11 is 0. The summed E-state index contributed by atoms with van der Waals surface area (Å²) in [5.41, 5.74) is 3.29. The largest absolute Gasteiger partial charge is 0.396 e. The molecular formula is C17H20FNO. The van der Waals surface area contributed by atoms with E-state index in [9.17, 15) is 4.39 Å². The highest BCUT2D eigenvalue weighted by molar-refractivity contribution is 5.47. The molecule has 1 atom stereocenters. The third-order valence-electron chi connectivity index (χ3n) is 3.30. The predicted octanol–water partition coefficient (Wildman–Crippen LogP) is 3.92. The smallest absolute Gasteiger partial charge is 0.123 e. The van der Waals surface area contributed by atoms with E-state index in [0.717, 1.165) is 24.1 Å². The maximum Gasteiger partial charge on any atom is 0.123 e. The van der Waals surface area contributed by atoms with Crippen LogP contribution in [0.15, 0.2) is 48.5 Å². The molecule has 106 valence electrons. The Bertz CT molecular complexity index is 539. The number of aliphatic hydroxyl groups excluding tert-OH is 1. The van der Waals surface area contributed by atoms with Crippen LogP contribution in [-0.4, -0.2) is 11.7 Å². The highest BCUT2D eigenvalue weighted by Crippen LogP contribution is 2.20. The number of anilines is 1. The van der Waals surface area contributed by atoms with Gasteiger partial charge in [0.25, 0.3) is 0 Å². The van der Waals surface area contributed by atoms with Crippen molar-refractivity contribution in [3.63, 3.8) is 0 Å². The van der Waals surface area contributed by atoms with Crippen LogP contribution < -0.4 is 5.32 Å². The topological polar surface area (TPSA) is 32.3 Å². The van der Waals surface area contributed by atoms with Crippen molar-refractivity contribution in [3.8, 4) is 0 Å². The van der Waals surface area contributed by atoms with E-state index in [0.29, 0.717) is 0 Å². The highest BCUT2D eigenvalue weighted by Gasteiger charge is 2.05. The Morgan fingerprint density at radius 1 is 1.15 bits per heavy atom. The van der Waals surface area contributed by atoms with Gasteiger partial charge in [-0.15, -0.1) is 0 Å². The molecule has 0 amide bonds. The van der Waals surface area contributed by atoms with Crippen LogP contribution in [0.25, 0.3) is 0 Å². The van der Waals surface area contributed by atoms with Crippen molar-refractivity contribution in [1.29, 1.82) is 0 Å². The van der Waals surface area contributed by atoms with Crippen molar-refractivity contribution in [3.05, 3.63) is 65.5 Å². The van der Waals surface area contributed by atoms with Crippen molar-refractivity contribution in [1.82, 2.24) is 0 Å². The Labute approximate surface area is 119 Å². The van der Waals surface area contributed by atoms with Gasteiger partial charge in [-0.1, -0.05) is 24.3 Å². The second-order valence-electron chi connectivity index (χ2n) is 4.95. The zero-order valence-corrected chi connectivity index (χ0v) is 11.6. The van der Waals surface area contributed by atoms with Crippen LogP contribution >= 0.6 is 0 Å². The van der Waals surface area contributed by atoms with Gasteiger partial charge in [0, 0.05) is 18.3 Å². The Kier molecular flexibility index (Phi) is 5.13. The molecule has 2 aromatic carbocycles. The summed E-state index contributed by atoms with van der Waals surface area (Å²) in [7, 11) is 0. The van der Waals surface area contributed by atoms with Crippen LogP contribution in [0.5, 0.6) is 0 Å². The minimum atomic E-state index is -0.216. The fourth-order valence-corrected chi connectivity index (χ4v) is 2.18. The Morgan fingerprint density at radius 3 is 2.60 bits per heavy atom. The van der Waals surface area contributed by atoms with Crippen LogP contribution in [-0.2, 0) is 6.42 Å². The van der Waals surface area contributed by atoms with Gasteiger partial charge in [0.1, 0.15) is 5.82 Å². The lowest BCUT2D eigenvalue weighted by Gasteiger charge is -2.16. The number of rotatable bonds is 6. The SMILES string of the molecule is CC(Nc1cccc(CCCO)c1)c1ccc(F)cc1. The fourth-order valence-electron chi connectivity index (χ4n) is 2.18. The maximum absolute atomic E-state index is 12.9. The van der Waals surface area contributed by atoms with Gasteiger partial charge in [0.05, 0.1) is 0 Å². The van der Waals surface area contributed by atoms with Crippen molar-refractivity contribution in [2.75, 3.05) is 11.9 Å². The van der Waals surface area contributed by atoms with Gasteiger partial charge in [-0.05, 0) is 55.2 Å². The van der Waals surface area contributed by atoms with Crippen LogP contribution in [0, 0.1) is 5.82 Å². The quantitative estimate of drug-likeness (QED) is 0.836. The average Bonchev–Trinajstić information content (AvgIpc) is 2.46. The molecule has 0 aliphatic heterocycles. The fraction of sp³-hybridized carbons (Fsp3) is 0.294. The number of aliphatic hydroxyl groups is 1. The second kappa shape index (κ2) is 7.06. The molecule has 0 spiro atoms. The van der Waals surface area contributed by atoms with Crippen LogP contribution in [0.3, 0.4) is 0 Å². The van der Waals surface area contributed by atoms with Gasteiger partial charge in [-0.3, -0.25) is 0 Å². The van der Waals surface area contributed by atoms with Gasteiger partial charge in [-0.25, -0.2) is 4.39 Å². The number of benzene rings is 2. The molecule has 0 aromatic heterocycles. The lowest BCUT2D eigenvalue weighted by Crippen LogP contribution is -2.06. The summed E-state index contributed by atoms with van der Waals surface area (Å²) in [6.45, 7) is 2.26. The summed E-state index contributed by atoms with van der Waals surface area (Å²) < 4.78 is 12.9. The zero-order chi connectivity index (χ0) is 14.4. The van der Waals surface area contributed by atoms with E-state index < -0.39 is 0 Å². The number of aryl methyl sites for hydroxylation is 1. The summed E-state index contributed by atoms with van der Waals surface area (Å²) in [4.78, 5) is 0. The normalized spacial score (nSPS) is 12.2. The molecule has 0 aliphatic rings. The van der Waals surface area contributed by atoms with Gasteiger partial charge >= 0.3 is 0 Å². The maximum atomic E-state index is 12.9. The van der Waals surface area contributed by atoms with Gasteiger partial charge in [0.2, 0.25) is 0 Å². The van der Waals surface area contributed by atoms with Gasteiger partial charge in [0.15, 0.2) is 0 Å². The predicted molar refractivity (Wildman–Crippen MR) is 80.3 cm³/mol. The number of hydrogen-bond acceptors (Lipinski definition) is 2. The molecule has 20 heavy (non-hydrogen) atoms. The van der Waals surface area contributed by atoms with E-state index >= 15 is 0 Å². The summed E-state index contributed by atoms with van der Waals surface area (Å²) in [6, 6.07) is 14.8. The van der Waals surface area contributed by atoms with E-state index in [1.54, 1.807) is 12.1 Å². The molecule has 2 N–H and O–H groups in total. The van der Waals surface area contributed by atoms with Gasteiger partial charge < -0.3 is 10.4 Å². The van der Waals surface area contributed by atoms with E-state index in [4.69, 9.17) is 5.11 Å². The lowest BCUT2D eigenvalue weighted by molar-refractivity contribution is 0.288. The zero-order valence-electron chi connectivity index (χ0n) is 11.6. The first kappa shape index (κ1) is 14.5. The average molecular weight is 273 g/mol. The Morgan fingerprint density at radius 2 is 1.90 bits per heavy atom. The molecule has 0 bridgehead atoms. The van der Waals surface area contributed by atoms with Crippen molar-refractivity contribution in [2.45, 2.75) is 25.8 Å². The van der Waals surface area contributed by atoms with Crippen molar-refractivity contribution >= 4 is 5.69 Å². The van der Waals surface area contributed by atoms with E-state index in [2.05, 4.69) is 17.4 Å². The van der Waals surface area contributed by atoms with Crippen LogP contribution in [0.2, 0.25) is 0 Å². The molecule has 0 aliphatic carbocycles. The third kappa shape index (κ3) is 4.07. The van der Waals surface area contributed by atoms with Gasteiger partial charge in [-0.2, -0.15) is 0 Å². The molecule has 2 aromatic rings. The van der Waals surface area contributed by atoms with E-state index in [1.807, 2.05) is 19.1 Å². The molecule has 0 saturated carbocycles. The standard InChI is InChI=1S/C17H20FNO/c1-13(15-7-9-16(18)10-8-15)19-17-6-2-4-14(12-17)5-3-11-20/h2,4,6-10,12-13,19-20H,3,5,11H2,1H3. The lowest BCUT2D eigenvalue weighted by atomic mass is 10.1. The number of hydrogen-bond donors (Lipinski definition) is 2. The first-order valence-electron chi connectivity index (χ1n) is 6.91. The monoisotopic (exact) mass is 273 g/mol. The number of halogens is 1. The highest BCUT2D eigenvalue weighted by atomic mass is 19.1. The minimum absolute atomic E-state index is 0.115. The number of nitrogens with one attached hydrogen (secondary N) is 1. The summed E-state index contributed by atoms with van der Waals surface area (Å²) in [5, 5.41) is 12.3. The molecular weight excluding hydrogens is 253 g/mol. The Balaban J connectivity index is 2.03. The molecule has 0 fully saturated rings. The molecule has 0 heterocycles. The molecule has 2 rings (SSSR count). The van der Waals surface area contributed by atoms with Crippen molar-refractivity contribution < 1.29 is 9.50 Å². The third-order valence-corrected chi connectivity index (χ3v) is 3.30. The molecule has 2 nitrogen and oxygen atoms in total.